The highest BCUT2D eigenvalue weighted by molar-refractivity contribution is 5.94. The number of carbonyl (C=O) groups excluding carboxylic acids is 3. The maximum Gasteiger partial charge on any atom is 0.326 e. The molecule has 3 amide bonds. The summed E-state index contributed by atoms with van der Waals surface area (Å²) >= 11 is 0. The van der Waals surface area contributed by atoms with Crippen molar-refractivity contribution in [3.8, 4) is 0 Å². The minimum absolute atomic E-state index is 0.0373. The van der Waals surface area contributed by atoms with Crippen LogP contribution in [0.15, 0.2) is 35.3 Å². The predicted molar refractivity (Wildman–Crippen MR) is 148 cm³/mol. The number of nitrogens with one attached hydrogen (secondary N) is 3. The average molecular weight is 564 g/mol. The fraction of sp³-hybridized carbons (Fsp3) is 0.538. The molecule has 14 heteroatoms. The smallest absolute Gasteiger partial charge is 0.326 e. The number of nitrogens with zero attached hydrogens (tertiary/aromatic N) is 1. The Morgan fingerprint density at radius 1 is 0.900 bits per heavy atom. The Hall–Kier alpha value is -4.20. The van der Waals surface area contributed by atoms with Crippen molar-refractivity contribution in [2.45, 2.75) is 76.5 Å². The van der Waals surface area contributed by atoms with Gasteiger partial charge in [0.1, 0.15) is 18.1 Å². The van der Waals surface area contributed by atoms with E-state index in [0.717, 1.165) is 5.56 Å². The Labute approximate surface area is 233 Å². The monoisotopic (exact) mass is 563 g/mol. The van der Waals surface area contributed by atoms with Crippen molar-refractivity contribution in [3.63, 3.8) is 0 Å². The fourth-order valence-corrected chi connectivity index (χ4v) is 3.75. The third kappa shape index (κ3) is 12.6. The number of hydrogen-bond donors (Lipinski definition) is 8. The van der Waals surface area contributed by atoms with Gasteiger partial charge in [0.2, 0.25) is 17.7 Å². The Morgan fingerprint density at radius 2 is 1.52 bits per heavy atom. The Bertz CT molecular complexity index is 1030. The molecule has 14 nitrogen and oxygen atoms in total. The number of rotatable bonds is 18. The maximum absolute atomic E-state index is 13.2. The number of carboxylic acid groups (broad SMARTS) is 2. The van der Waals surface area contributed by atoms with E-state index in [1.165, 1.54) is 0 Å². The van der Waals surface area contributed by atoms with Gasteiger partial charge in [0, 0.05) is 13.0 Å². The summed E-state index contributed by atoms with van der Waals surface area (Å²) in [7, 11) is 0. The van der Waals surface area contributed by atoms with Crippen molar-refractivity contribution in [2.24, 2.45) is 28.1 Å². The van der Waals surface area contributed by atoms with Gasteiger partial charge in [-0.1, -0.05) is 50.6 Å². The van der Waals surface area contributed by atoms with Gasteiger partial charge in [0.15, 0.2) is 5.96 Å². The number of nitrogens with two attached hydrogens (primary N) is 3. The summed E-state index contributed by atoms with van der Waals surface area (Å²) in [6.07, 6.45) is 0.287. The molecule has 0 spiro atoms. The summed E-state index contributed by atoms with van der Waals surface area (Å²) in [5.74, 6) is -5.20. The van der Waals surface area contributed by atoms with Crippen LogP contribution in [0, 0.1) is 5.92 Å². The molecule has 0 bridgehead atoms. The second kappa shape index (κ2) is 17.4. The number of carboxylic acids is 2. The molecular formula is C26H41N7O7. The van der Waals surface area contributed by atoms with E-state index in [1.807, 2.05) is 6.07 Å². The number of carbonyl (C=O) groups is 5. The molecule has 0 saturated carbocycles. The van der Waals surface area contributed by atoms with E-state index >= 15 is 0 Å². The molecule has 1 rings (SSSR count). The summed E-state index contributed by atoms with van der Waals surface area (Å²) < 4.78 is 0. The largest absolute Gasteiger partial charge is 0.481 e. The highest BCUT2D eigenvalue weighted by Crippen LogP contribution is 2.11. The van der Waals surface area contributed by atoms with Crippen molar-refractivity contribution in [1.29, 1.82) is 0 Å². The first-order valence-electron chi connectivity index (χ1n) is 13.1. The van der Waals surface area contributed by atoms with Crippen LogP contribution < -0.4 is 33.2 Å². The Morgan fingerprint density at radius 3 is 2.08 bits per heavy atom. The molecule has 222 valence electrons. The molecule has 0 radical (unpaired) electrons. The van der Waals surface area contributed by atoms with Gasteiger partial charge in [0.05, 0.1) is 6.04 Å². The molecule has 0 aliphatic heterocycles. The van der Waals surface area contributed by atoms with E-state index in [-0.39, 0.29) is 38.2 Å². The van der Waals surface area contributed by atoms with Crippen LogP contribution in [-0.2, 0) is 30.4 Å². The third-order valence-electron chi connectivity index (χ3n) is 6.27. The van der Waals surface area contributed by atoms with Gasteiger partial charge >= 0.3 is 11.9 Å². The zero-order valence-electron chi connectivity index (χ0n) is 22.8. The first-order chi connectivity index (χ1) is 18.8. The molecule has 1 aromatic carbocycles. The highest BCUT2D eigenvalue weighted by Gasteiger charge is 2.33. The molecular weight excluding hydrogens is 522 g/mol. The zero-order valence-corrected chi connectivity index (χ0v) is 22.8. The molecule has 5 unspecified atom stereocenters. The van der Waals surface area contributed by atoms with E-state index < -0.39 is 66.2 Å². The summed E-state index contributed by atoms with van der Waals surface area (Å²) in [6, 6.07) is 4.28. The lowest BCUT2D eigenvalue weighted by molar-refractivity contribution is -0.143. The lowest BCUT2D eigenvalue weighted by atomic mass is 9.96. The molecule has 0 fully saturated rings. The van der Waals surface area contributed by atoms with Crippen LogP contribution in [0.3, 0.4) is 0 Å². The van der Waals surface area contributed by atoms with Gasteiger partial charge in [-0.05, 0) is 37.2 Å². The normalized spacial score (nSPS) is 14.5. The first-order valence-corrected chi connectivity index (χ1v) is 13.1. The number of aliphatic carboxylic acids is 2. The molecule has 0 aromatic heterocycles. The van der Waals surface area contributed by atoms with Crippen molar-refractivity contribution < 1.29 is 34.2 Å². The average Bonchev–Trinajstić information content (AvgIpc) is 2.90. The van der Waals surface area contributed by atoms with E-state index in [9.17, 15) is 29.1 Å². The van der Waals surface area contributed by atoms with Crippen molar-refractivity contribution in [3.05, 3.63) is 35.9 Å². The highest BCUT2D eigenvalue weighted by atomic mass is 16.4. The third-order valence-corrected chi connectivity index (χ3v) is 6.27. The molecule has 11 N–H and O–H groups in total. The van der Waals surface area contributed by atoms with E-state index in [2.05, 4.69) is 20.9 Å². The van der Waals surface area contributed by atoms with Gasteiger partial charge in [-0.3, -0.25) is 24.2 Å². The van der Waals surface area contributed by atoms with Crippen molar-refractivity contribution >= 4 is 35.6 Å². The molecule has 1 aromatic rings. The number of guanidine groups is 1. The summed E-state index contributed by atoms with van der Waals surface area (Å²) in [6.45, 7) is 3.65. The predicted octanol–water partition coefficient (Wildman–Crippen LogP) is -0.940. The van der Waals surface area contributed by atoms with Crippen LogP contribution in [0.2, 0.25) is 0 Å². The van der Waals surface area contributed by atoms with Crippen LogP contribution >= 0.6 is 0 Å². The SMILES string of the molecule is CCC(C)C(NC(=O)C(CCC(=O)O)NC(=O)C(N)Cc1ccccc1)C(=O)NC(CCCN=C(N)N)C(=O)O. The maximum atomic E-state index is 13.2. The molecule has 0 saturated heterocycles. The van der Waals surface area contributed by atoms with Crippen LogP contribution in [0.5, 0.6) is 0 Å². The van der Waals surface area contributed by atoms with E-state index in [0.29, 0.717) is 6.42 Å². The van der Waals surface area contributed by atoms with Gasteiger partial charge in [-0.2, -0.15) is 0 Å². The van der Waals surface area contributed by atoms with Gasteiger partial charge < -0.3 is 43.4 Å². The van der Waals surface area contributed by atoms with E-state index in [1.54, 1.807) is 38.1 Å². The molecule has 0 aliphatic rings. The lowest BCUT2D eigenvalue weighted by Crippen LogP contribution is -2.58. The van der Waals surface area contributed by atoms with Crippen LogP contribution in [0.1, 0.15) is 51.5 Å². The van der Waals surface area contributed by atoms with Crippen LogP contribution in [0.25, 0.3) is 0 Å². The summed E-state index contributed by atoms with van der Waals surface area (Å²) in [4.78, 5) is 65.8. The summed E-state index contributed by atoms with van der Waals surface area (Å²) in [5, 5.41) is 26.2. The standard InChI is InChI=1S/C26H41N7O7/c1-3-15(2)21(24(38)32-19(25(39)40)10-7-13-30-26(28)29)33-23(37)18(11-12-20(34)35)31-22(36)17(27)14-16-8-5-4-6-9-16/h4-6,8-9,15,17-19,21H,3,7,10-14,27H2,1-2H3,(H,31,36)(H,32,38)(H,33,37)(H,34,35)(H,39,40)(H4,28,29,30). The summed E-state index contributed by atoms with van der Waals surface area (Å²) in [5.41, 5.74) is 17.4. The number of benzene rings is 1. The van der Waals surface area contributed by atoms with E-state index in [4.69, 9.17) is 22.3 Å². The van der Waals surface area contributed by atoms with Gasteiger partial charge in [0.25, 0.3) is 0 Å². The van der Waals surface area contributed by atoms with Crippen molar-refractivity contribution in [1.82, 2.24) is 16.0 Å². The molecule has 0 heterocycles. The second-order valence-electron chi connectivity index (χ2n) is 9.51. The Balaban J connectivity index is 2.99. The van der Waals surface area contributed by atoms with Crippen LogP contribution in [0.4, 0.5) is 0 Å². The number of amides is 3. The first kappa shape index (κ1) is 33.8. The number of hydrogen-bond acceptors (Lipinski definition) is 7. The van der Waals surface area contributed by atoms with Gasteiger partial charge in [-0.25, -0.2) is 4.79 Å². The quantitative estimate of drug-likeness (QED) is 0.0618. The van der Waals surface area contributed by atoms with Crippen molar-refractivity contribution in [2.75, 3.05) is 6.54 Å². The lowest BCUT2D eigenvalue weighted by Gasteiger charge is -2.28. The topological polar surface area (TPSA) is 252 Å². The molecule has 0 aliphatic carbocycles. The fourth-order valence-electron chi connectivity index (χ4n) is 3.75. The minimum Gasteiger partial charge on any atom is -0.481 e. The zero-order chi connectivity index (χ0) is 30.2. The van der Waals surface area contributed by atoms with Crippen LogP contribution in [-0.4, -0.2) is 76.5 Å². The Kier molecular flexibility index (Phi) is 14.7. The van der Waals surface area contributed by atoms with Gasteiger partial charge in [-0.15, -0.1) is 0 Å². The minimum atomic E-state index is -1.29. The molecule has 5 atom stereocenters. The molecule has 40 heavy (non-hydrogen) atoms. The number of aliphatic imine (C=N–C) groups is 1. The second-order valence-corrected chi connectivity index (χ2v) is 9.51.